The number of hydrogen-bond donors (Lipinski definition) is 1. The highest BCUT2D eigenvalue weighted by molar-refractivity contribution is 5.87. The van der Waals surface area contributed by atoms with E-state index in [2.05, 4.69) is 9.88 Å². The number of aromatic nitrogens is 1. The van der Waals surface area contributed by atoms with Crippen molar-refractivity contribution in [1.82, 2.24) is 9.88 Å². The van der Waals surface area contributed by atoms with Gasteiger partial charge in [0.25, 0.3) is 0 Å². The number of pyridine rings is 1. The van der Waals surface area contributed by atoms with Crippen LogP contribution in [0, 0.1) is 0 Å². The molecule has 0 saturated carbocycles. The predicted molar refractivity (Wildman–Crippen MR) is 69.5 cm³/mol. The van der Waals surface area contributed by atoms with E-state index in [1.54, 1.807) is 12.3 Å². The van der Waals surface area contributed by atoms with E-state index in [0.29, 0.717) is 5.52 Å². The highest BCUT2D eigenvalue weighted by Crippen LogP contribution is 2.26. The molecule has 0 bridgehead atoms. The molecule has 0 amide bonds. The van der Waals surface area contributed by atoms with Crippen LogP contribution in [-0.2, 0) is 11.3 Å². The van der Waals surface area contributed by atoms with E-state index in [-0.39, 0.29) is 5.75 Å². The highest BCUT2D eigenvalue weighted by Gasteiger charge is 2.13. The van der Waals surface area contributed by atoms with Crippen molar-refractivity contribution in [3.8, 4) is 5.75 Å². The molecule has 0 radical (unpaired) electrons. The number of aromatic hydroxyl groups is 1. The van der Waals surface area contributed by atoms with Crippen molar-refractivity contribution < 1.29 is 9.84 Å². The normalized spacial score (nSPS) is 17.1. The average Bonchev–Trinajstić information content (AvgIpc) is 2.44. The minimum atomic E-state index is 0.247. The number of morpholine rings is 1. The zero-order chi connectivity index (χ0) is 12.4. The third-order valence-corrected chi connectivity index (χ3v) is 3.34. The molecule has 1 aromatic heterocycles. The Hall–Kier alpha value is -1.65. The van der Waals surface area contributed by atoms with Crippen LogP contribution in [0.1, 0.15) is 5.56 Å². The van der Waals surface area contributed by atoms with Crippen molar-refractivity contribution in [3.63, 3.8) is 0 Å². The first kappa shape index (κ1) is 11.4. The Morgan fingerprint density at radius 3 is 2.89 bits per heavy atom. The average molecular weight is 244 g/mol. The van der Waals surface area contributed by atoms with E-state index >= 15 is 0 Å². The van der Waals surface area contributed by atoms with Crippen LogP contribution in [0.4, 0.5) is 0 Å². The summed E-state index contributed by atoms with van der Waals surface area (Å²) in [7, 11) is 0. The van der Waals surface area contributed by atoms with Crippen LogP contribution in [0.5, 0.6) is 5.75 Å². The molecule has 1 aliphatic heterocycles. The molecule has 18 heavy (non-hydrogen) atoms. The van der Waals surface area contributed by atoms with Crippen LogP contribution in [0.2, 0.25) is 0 Å². The number of fused-ring (bicyclic) bond motifs is 1. The van der Waals surface area contributed by atoms with E-state index in [1.807, 2.05) is 18.2 Å². The monoisotopic (exact) mass is 244 g/mol. The summed E-state index contributed by atoms with van der Waals surface area (Å²) in [6, 6.07) is 7.63. The van der Waals surface area contributed by atoms with Crippen LogP contribution in [0.25, 0.3) is 10.9 Å². The van der Waals surface area contributed by atoms with Crippen molar-refractivity contribution in [1.29, 1.82) is 0 Å². The molecule has 4 nitrogen and oxygen atoms in total. The molecule has 1 fully saturated rings. The number of nitrogens with zero attached hydrogens (tertiary/aromatic N) is 2. The molecule has 0 atom stereocenters. The second-order valence-electron chi connectivity index (χ2n) is 4.53. The van der Waals surface area contributed by atoms with Gasteiger partial charge in [-0.15, -0.1) is 0 Å². The SMILES string of the molecule is Oc1ccc(CN2CCOCC2)c2cccnc12. The van der Waals surface area contributed by atoms with Crippen LogP contribution in [0.3, 0.4) is 0 Å². The van der Waals surface area contributed by atoms with E-state index in [4.69, 9.17) is 4.74 Å². The lowest BCUT2D eigenvalue weighted by Gasteiger charge is -2.27. The van der Waals surface area contributed by atoms with Gasteiger partial charge in [-0.1, -0.05) is 12.1 Å². The first-order chi connectivity index (χ1) is 8.84. The molecule has 2 heterocycles. The second-order valence-corrected chi connectivity index (χ2v) is 4.53. The second kappa shape index (κ2) is 4.92. The van der Waals surface area contributed by atoms with Crippen molar-refractivity contribution >= 4 is 10.9 Å². The van der Waals surface area contributed by atoms with Crippen LogP contribution >= 0.6 is 0 Å². The van der Waals surface area contributed by atoms with Gasteiger partial charge in [-0.05, 0) is 17.7 Å². The summed E-state index contributed by atoms with van der Waals surface area (Å²) < 4.78 is 5.35. The molecule has 1 saturated heterocycles. The minimum Gasteiger partial charge on any atom is -0.506 e. The summed E-state index contributed by atoms with van der Waals surface area (Å²) in [6.07, 6.45) is 1.71. The first-order valence-electron chi connectivity index (χ1n) is 6.20. The van der Waals surface area contributed by atoms with Crippen molar-refractivity contribution in [2.45, 2.75) is 6.54 Å². The topological polar surface area (TPSA) is 45.6 Å². The third-order valence-electron chi connectivity index (χ3n) is 3.34. The Labute approximate surface area is 106 Å². The summed E-state index contributed by atoms with van der Waals surface area (Å²) in [5.74, 6) is 0.247. The Bertz CT molecular complexity index is 550. The summed E-state index contributed by atoms with van der Waals surface area (Å²) >= 11 is 0. The molecule has 1 N–H and O–H groups in total. The van der Waals surface area contributed by atoms with Crippen LogP contribution < -0.4 is 0 Å². The number of phenols is 1. The number of benzene rings is 1. The number of hydrogen-bond acceptors (Lipinski definition) is 4. The summed E-state index contributed by atoms with van der Waals surface area (Å²) in [6.45, 7) is 4.40. The summed E-state index contributed by atoms with van der Waals surface area (Å²) in [5.41, 5.74) is 1.89. The largest absolute Gasteiger partial charge is 0.506 e. The summed E-state index contributed by atoms with van der Waals surface area (Å²) in [4.78, 5) is 6.60. The molecular weight excluding hydrogens is 228 g/mol. The lowest BCUT2D eigenvalue weighted by molar-refractivity contribution is 0.0343. The van der Waals surface area contributed by atoms with Gasteiger partial charge in [-0.3, -0.25) is 9.88 Å². The quantitative estimate of drug-likeness (QED) is 0.874. The zero-order valence-corrected chi connectivity index (χ0v) is 10.2. The maximum Gasteiger partial charge on any atom is 0.141 e. The van der Waals surface area contributed by atoms with Crippen molar-refractivity contribution in [2.75, 3.05) is 26.3 Å². The molecule has 0 unspecified atom stereocenters. The maximum atomic E-state index is 9.81. The molecule has 3 rings (SSSR count). The molecule has 94 valence electrons. The smallest absolute Gasteiger partial charge is 0.141 e. The Morgan fingerprint density at radius 2 is 2.06 bits per heavy atom. The van der Waals surface area contributed by atoms with Crippen molar-refractivity contribution in [3.05, 3.63) is 36.0 Å². The molecule has 0 aliphatic carbocycles. The molecule has 0 spiro atoms. The predicted octanol–water partition coefficient (Wildman–Crippen LogP) is 1.77. The molecule has 1 aliphatic rings. The van der Waals surface area contributed by atoms with Gasteiger partial charge in [0.15, 0.2) is 0 Å². The van der Waals surface area contributed by atoms with Crippen molar-refractivity contribution in [2.24, 2.45) is 0 Å². The van der Waals surface area contributed by atoms with E-state index in [1.165, 1.54) is 5.56 Å². The highest BCUT2D eigenvalue weighted by atomic mass is 16.5. The maximum absolute atomic E-state index is 9.81. The fourth-order valence-corrected chi connectivity index (χ4v) is 2.35. The van der Waals surface area contributed by atoms with E-state index < -0.39 is 0 Å². The number of ether oxygens (including phenoxy) is 1. The molecule has 4 heteroatoms. The van der Waals surface area contributed by atoms with E-state index in [9.17, 15) is 5.11 Å². The van der Waals surface area contributed by atoms with Gasteiger partial charge < -0.3 is 9.84 Å². The summed E-state index contributed by atoms with van der Waals surface area (Å²) in [5, 5.41) is 10.8. The standard InChI is InChI=1S/C14H16N2O2/c17-13-4-3-11(10-16-6-8-18-9-7-16)12-2-1-5-15-14(12)13/h1-5,17H,6-10H2. The lowest BCUT2D eigenvalue weighted by atomic mass is 10.1. The molecule has 1 aromatic carbocycles. The van der Waals surface area contributed by atoms with Crippen LogP contribution in [-0.4, -0.2) is 41.3 Å². The van der Waals surface area contributed by atoms with E-state index in [0.717, 1.165) is 38.2 Å². The third kappa shape index (κ3) is 2.17. The first-order valence-corrected chi connectivity index (χ1v) is 6.20. The van der Waals surface area contributed by atoms with Gasteiger partial charge in [-0.25, -0.2) is 0 Å². The number of rotatable bonds is 2. The zero-order valence-electron chi connectivity index (χ0n) is 10.2. The van der Waals surface area contributed by atoms with Gasteiger partial charge in [-0.2, -0.15) is 0 Å². The minimum absolute atomic E-state index is 0.247. The van der Waals surface area contributed by atoms with Gasteiger partial charge >= 0.3 is 0 Å². The van der Waals surface area contributed by atoms with Gasteiger partial charge in [0.05, 0.1) is 13.2 Å². The lowest BCUT2D eigenvalue weighted by Crippen LogP contribution is -2.35. The van der Waals surface area contributed by atoms with Gasteiger partial charge in [0, 0.05) is 31.2 Å². The Kier molecular flexibility index (Phi) is 3.13. The fraction of sp³-hybridized carbons (Fsp3) is 0.357. The number of phenolic OH excluding ortho intramolecular Hbond substituents is 1. The fourth-order valence-electron chi connectivity index (χ4n) is 2.35. The van der Waals surface area contributed by atoms with Crippen LogP contribution in [0.15, 0.2) is 30.5 Å². The van der Waals surface area contributed by atoms with Gasteiger partial charge in [0.2, 0.25) is 0 Å². The Balaban J connectivity index is 1.94. The molecular formula is C14H16N2O2. The van der Waals surface area contributed by atoms with Gasteiger partial charge in [0.1, 0.15) is 11.3 Å². The molecule has 2 aromatic rings. The Morgan fingerprint density at radius 1 is 1.22 bits per heavy atom.